The van der Waals surface area contributed by atoms with Crippen LogP contribution >= 0.6 is 0 Å². The van der Waals surface area contributed by atoms with Crippen LogP contribution in [0.2, 0.25) is 0 Å². The highest BCUT2D eigenvalue weighted by Crippen LogP contribution is 2.18. The Hall–Kier alpha value is -3.97. The fourth-order valence-electron chi connectivity index (χ4n) is 3.38. The third-order valence-corrected chi connectivity index (χ3v) is 5.06. The van der Waals surface area contributed by atoms with E-state index in [1.54, 1.807) is 30.6 Å². The van der Waals surface area contributed by atoms with Gasteiger partial charge in [-0.15, -0.1) is 0 Å². The van der Waals surface area contributed by atoms with Crippen molar-refractivity contribution >= 4 is 17.4 Å². The molecule has 0 fully saturated rings. The number of hydrogen-bond acceptors (Lipinski definition) is 4. The molecule has 0 spiro atoms. The number of benzene rings is 2. The molecule has 162 valence electrons. The number of nitrogens with one attached hydrogen (secondary N) is 2. The van der Waals surface area contributed by atoms with Crippen LogP contribution in [0.5, 0.6) is 0 Å². The maximum atomic E-state index is 13.1. The van der Waals surface area contributed by atoms with E-state index in [2.05, 4.69) is 15.6 Å². The van der Waals surface area contributed by atoms with Gasteiger partial charge in [0, 0.05) is 42.9 Å². The number of anilines is 2. The molecule has 2 aromatic heterocycles. The number of hydrogen-bond donors (Lipinski definition) is 3. The standard InChI is InChI=1S/C25H24FN5O/c26-20-6-8-21(9-7-20)29-24-15-23(10-12-28-24)31-13-11-19(17-31)25(32)30-22(16-27)14-18-4-2-1-3-5-18/h1-13,15,17,22H,14,16,27H2,(H,28,29)(H,30,32). The zero-order valence-electron chi connectivity index (χ0n) is 17.4. The quantitative estimate of drug-likeness (QED) is 0.394. The smallest absolute Gasteiger partial charge is 0.253 e. The zero-order chi connectivity index (χ0) is 22.3. The van der Waals surface area contributed by atoms with Crippen LogP contribution in [-0.2, 0) is 6.42 Å². The lowest BCUT2D eigenvalue weighted by molar-refractivity contribution is 0.0938. The fraction of sp³-hybridized carbons (Fsp3) is 0.120. The molecular weight excluding hydrogens is 405 g/mol. The van der Waals surface area contributed by atoms with Crippen molar-refractivity contribution in [1.29, 1.82) is 0 Å². The minimum Gasteiger partial charge on any atom is -0.348 e. The molecule has 1 amide bonds. The first kappa shape index (κ1) is 21.3. The normalized spacial score (nSPS) is 11.7. The number of pyridine rings is 1. The van der Waals surface area contributed by atoms with Gasteiger partial charge in [-0.05, 0) is 48.4 Å². The Bertz CT molecular complexity index is 1170. The van der Waals surface area contributed by atoms with Gasteiger partial charge in [0.05, 0.1) is 11.3 Å². The molecule has 1 atom stereocenters. The Labute approximate surface area is 185 Å². The molecule has 0 aliphatic carbocycles. The molecule has 2 heterocycles. The second-order valence-electron chi connectivity index (χ2n) is 7.43. The van der Waals surface area contributed by atoms with Crippen molar-refractivity contribution in [2.45, 2.75) is 12.5 Å². The van der Waals surface area contributed by atoms with Crippen LogP contribution in [-0.4, -0.2) is 28.0 Å². The van der Waals surface area contributed by atoms with Crippen molar-refractivity contribution in [1.82, 2.24) is 14.9 Å². The molecular formula is C25H24FN5O. The lowest BCUT2D eigenvalue weighted by Crippen LogP contribution is -2.41. The fourth-order valence-corrected chi connectivity index (χ4v) is 3.38. The Morgan fingerprint density at radius 3 is 2.59 bits per heavy atom. The average Bonchev–Trinajstić information content (AvgIpc) is 3.32. The van der Waals surface area contributed by atoms with E-state index in [0.717, 1.165) is 16.9 Å². The molecule has 4 N–H and O–H groups in total. The molecule has 1 unspecified atom stereocenters. The van der Waals surface area contributed by atoms with Crippen LogP contribution in [0.25, 0.3) is 5.69 Å². The molecule has 0 aliphatic heterocycles. The summed E-state index contributed by atoms with van der Waals surface area (Å²) in [5, 5.41) is 6.16. The van der Waals surface area contributed by atoms with Gasteiger partial charge < -0.3 is 20.9 Å². The van der Waals surface area contributed by atoms with Crippen molar-refractivity contribution in [3.05, 3.63) is 108 Å². The summed E-state index contributed by atoms with van der Waals surface area (Å²) < 4.78 is 15.0. The minimum atomic E-state index is -0.295. The Morgan fingerprint density at radius 1 is 1.06 bits per heavy atom. The highest BCUT2D eigenvalue weighted by Gasteiger charge is 2.14. The number of aromatic nitrogens is 2. The summed E-state index contributed by atoms with van der Waals surface area (Å²) in [6.45, 7) is 0.351. The van der Waals surface area contributed by atoms with E-state index in [1.807, 2.05) is 53.2 Å². The van der Waals surface area contributed by atoms with E-state index in [-0.39, 0.29) is 17.8 Å². The van der Waals surface area contributed by atoms with E-state index in [9.17, 15) is 9.18 Å². The van der Waals surface area contributed by atoms with E-state index in [0.29, 0.717) is 24.3 Å². The molecule has 7 heteroatoms. The van der Waals surface area contributed by atoms with Crippen molar-refractivity contribution < 1.29 is 9.18 Å². The first-order valence-corrected chi connectivity index (χ1v) is 10.3. The maximum absolute atomic E-state index is 13.1. The van der Waals surface area contributed by atoms with E-state index in [1.165, 1.54) is 12.1 Å². The Morgan fingerprint density at radius 2 is 1.84 bits per heavy atom. The monoisotopic (exact) mass is 429 g/mol. The summed E-state index contributed by atoms with van der Waals surface area (Å²) in [6, 6.07) is 21.3. The number of nitrogens with zero attached hydrogens (tertiary/aromatic N) is 2. The average molecular weight is 429 g/mol. The molecule has 32 heavy (non-hydrogen) atoms. The Kier molecular flexibility index (Phi) is 6.57. The van der Waals surface area contributed by atoms with Crippen LogP contribution in [0, 0.1) is 5.82 Å². The lowest BCUT2D eigenvalue weighted by atomic mass is 10.1. The van der Waals surface area contributed by atoms with Gasteiger partial charge >= 0.3 is 0 Å². The summed E-state index contributed by atoms with van der Waals surface area (Å²) >= 11 is 0. The molecule has 4 aromatic rings. The predicted octanol–water partition coefficient (Wildman–Crippen LogP) is 4.05. The lowest BCUT2D eigenvalue weighted by Gasteiger charge is -2.16. The SMILES string of the molecule is NCC(Cc1ccccc1)NC(=O)c1ccn(-c2ccnc(Nc3ccc(F)cc3)c2)c1. The number of halogens is 1. The largest absolute Gasteiger partial charge is 0.348 e. The second-order valence-corrected chi connectivity index (χ2v) is 7.43. The van der Waals surface area contributed by atoms with Gasteiger partial charge in [0.2, 0.25) is 0 Å². The summed E-state index contributed by atoms with van der Waals surface area (Å²) in [7, 11) is 0. The molecule has 0 saturated heterocycles. The molecule has 6 nitrogen and oxygen atoms in total. The molecule has 2 aromatic carbocycles. The second kappa shape index (κ2) is 9.89. The summed E-state index contributed by atoms with van der Waals surface area (Å²) in [5.74, 6) is 0.143. The first-order chi connectivity index (χ1) is 15.6. The van der Waals surface area contributed by atoms with Gasteiger partial charge in [-0.3, -0.25) is 4.79 Å². The molecule has 4 rings (SSSR count). The van der Waals surface area contributed by atoms with Crippen molar-refractivity contribution in [3.63, 3.8) is 0 Å². The summed E-state index contributed by atoms with van der Waals surface area (Å²) in [5.41, 5.74) is 9.11. The van der Waals surface area contributed by atoms with Gasteiger partial charge in [0.15, 0.2) is 0 Å². The van der Waals surface area contributed by atoms with Crippen LogP contribution < -0.4 is 16.4 Å². The third-order valence-electron chi connectivity index (χ3n) is 5.06. The van der Waals surface area contributed by atoms with Gasteiger partial charge in [0.1, 0.15) is 11.6 Å². The number of carbonyl (C=O) groups is 1. The van der Waals surface area contributed by atoms with Crippen LogP contribution in [0.15, 0.2) is 91.4 Å². The molecule has 0 bridgehead atoms. The van der Waals surface area contributed by atoms with Crippen LogP contribution in [0.4, 0.5) is 15.9 Å². The number of carbonyl (C=O) groups excluding carboxylic acids is 1. The van der Waals surface area contributed by atoms with E-state index >= 15 is 0 Å². The molecule has 0 aliphatic rings. The van der Waals surface area contributed by atoms with Crippen LogP contribution in [0.1, 0.15) is 15.9 Å². The third kappa shape index (κ3) is 5.39. The highest BCUT2D eigenvalue weighted by atomic mass is 19.1. The zero-order valence-corrected chi connectivity index (χ0v) is 17.4. The number of nitrogens with two attached hydrogens (primary N) is 1. The van der Waals surface area contributed by atoms with Gasteiger partial charge in [-0.25, -0.2) is 9.37 Å². The van der Waals surface area contributed by atoms with Gasteiger partial charge in [-0.2, -0.15) is 0 Å². The molecule has 0 saturated carbocycles. The van der Waals surface area contributed by atoms with Crippen molar-refractivity contribution in [2.75, 3.05) is 11.9 Å². The Balaban J connectivity index is 1.43. The van der Waals surface area contributed by atoms with Gasteiger partial charge in [0.25, 0.3) is 5.91 Å². The van der Waals surface area contributed by atoms with E-state index < -0.39 is 0 Å². The van der Waals surface area contributed by atoms with Gasteiger partial charge in [-0.1, -0.05) is 30.3 Å². The topological polar surface area (TPSA) is 85.0 Å². The summed E-state index contributed by atoms with van der Waals surface area (Å²) in [4.78, 5) is 17.1. The summed E-state index contributed by atoms with van der Waals surface area (Å²) in [6.07, 6.45) is 5.93. The van der Waals surface area contributed by atoms with E-state index in [4.69, 9.17) is 5.73 Å². The minimum absolute atomic E-state index is 0.152. The molecule has 0 radical (unpaired) electrons. The predicted molar refractivity (Wildman–Crippen MR) is 124 cm³/mol. The highest BCUT2D eigenvalue weighted by molar-refractivity contribution is 5.94. The van der Waals surface area contributed by atoms with Crippen LogP contribution in [0.3, 0.4) is 0 Å². The van der Waals surface area contributed by atoms with Crippen molar-refractivity contribution in [3.8, 4) is 5.69 Å². The van der Waals surface area contributed by atoms with Crippen molar-refractivity contribution in [2.24, 2.45) is 5.73 Å². The first-order valence-electron chi connectivity index (χ1n) is 10.3. The number of rotatable bonds is 8. The number of amides is 1. The maximum Gasteiger partial charge on any atom is 0.253 e.